The first kappa shape index (κ1) is 13.7. The predicted octanol–water partition coefficient (Wildman–Crippen LogP) is 2.20. The summed E-state index contributed by atoms with van der Waals surface area (Å²) >= 11 is 0. The molecule has 1 aliphatic rings. The highest BCUT2D eigenvalue weighted by atomic mass is 16.4. The number of likely N-dealkylation sites (tertiary alicyclic amines) is 1. The van der Waals surface area contributed by atoms with E-state index < -0.39 is 11.5 Å². The molecule has 1 amide bonds. The highest BCUT2D eigenvalue weighted by Crippen LogP contribution is 2.29. The molecule has 1 atom stereocenters. The number of hydrogen-bond donors (Lipinski definition) is 1. The number of carbonyl (C=O) groups excluding carboxylic acids is 1. The molecule has 4 nitrogen and oxygen atoms in total. The van der Waals surface area contributed by atoms with Crippen LogP contribution in [0, 0.1) is 0 Å². The van der Waals surface area contributed by atoms with E-state index in [0.29, 0.717) is 18.5 Å². The number of allylic oxidation sites excluding steroid dienone is 1. The summed E-state index contributed by atoms with van der Waals surface area (Å²) < 4.78 is 0. The van der Waals surface area contributed by atoms with Gasteiger partial charge in [0.2, 0.25) is 5.91 Å². The summed E-state index contributed by atoms with van der Waals surface area (Å²) in [5.41, 5.74) is -0.403. The molecule has 0 bridgehead atoms. The highest BCUT2D eigenvalue weighted by molar-refractivity contribution is 5.96. The monoisotopic (exact) mass is 239 g/mol. The SMILES string of the molecule is CC/C=C(/C)C(=O)N1CCCCC1(C)C(=O)O. The molecule has 0 saturated carbocycles. The van der Waals surface area contributed by atoms with Crippen LogP contribution in [0.25, 0.3) is 0 Å². The largest absolute Gasteiger partial charge is 0.480 e. The first-order chi connectivity index (χ1) is 7.93. The van der Waals surface area contributed by atoms with Gasteiger partial charge in [0.25, 0.3) is 0 Å². The van der Waals surface area contributed by atoms with Crippen LogP contribution in [0.15, 0.2) is 11.6 Å². The van der Waals surface area contributed by atoms with Crippen molar-refractivity contribution < 1.29 is 14.7 Å². The molecule has 0 aliphatic carbocycles. The Balaban J connectivity index is 2.97. The molecule has 96 valence electrons. The summed E-state index contributed by atoms with van der Waals surface area (Å²) in [5, 5.41) is 9.32. The highest BCUT2D eigenvalue weighted by Gasteiger charge is 2.43. The zero-order chi connectivity index (χ0) is 13.1. The molecule has 1 unspecified atom stereocenters. The number of rotatable bonds is 3. The molecule has 1 N–H and O–H groups in total. The molecule has 1 saturated heterocycles. The maximum atomic E-state index is 12.2. The molecule has 0 radical (unpaired) electrons. The Hall–Kier alpha value is -1.32. The van der Waals surface area contributed by atoms with Crippen molar-refractivity contribution in [3.05, 3.63) is 11.6 Å². The fourth-order valence-corrected chi connectivity index (χ4v) is 2.28. The lowest BCUT2D eigenvalue weighted by molar-refractivity contribution is -0.159. The number of piperidine rings is 1. The molecule has 0 aromatic carbocycles. The third kappa shape index (κ3) is 2.68. The van der Waals surface area contributed by atoms with Crippen molar-refractivity contribution in [1.29, 1.82) is 0 Å². The van der Waals surface area contributed by atoms with E-state index in [2.05, 4.69) is 0 Å². The second kappa shape index (κ2) is 5.34. The molecule has 1 fully saturated rings. The van der Waals surface area contributed by atoms with Gasteiger partial charge in [0.05, 0.1) is 0 Å². The van der Waals surface area contributed by atoms with E-state index >= 15 is 0 Å². The number of aliphatic carboxylic acids is 1. The molecule has 1 heterocycles. The van der Waals surface area contributed by atoms with E-state index in [1.54, 1.807) is 13.8 Å². The average Bonchev–Trinajstić information content (AvgIpc) is 2.29. The second-order valence-corrected chi connectivity index (χ2v) is 4.79. The Kier molecular flexibility index (Phi) is 4.32. The summed E-state index contributed by atoms with van der Waals surface area (Å²) in [4.78, 5) is 25.1. The molecule has 0 aromatic rings. The van der Waals surface area contributed by atoms with E-state index in [1.165, 1.54) is 4.90 Å². The summed E-state index contributed by atoms with van der Waals surface area (Å²) in [5.74, 6) is -1.05. The number of carboxylic acids is 1. The topological polar surface area (TPSA) is 57.6 Å². The first-order valence-corrected chi connectivity index (χ1v) is 6.15. The Morgan fingerprint density at radius 3 is 2.59 bits per heavy atom. The minimum Gasteiger partial charge on any atom is -0.480 e. The second-order valence-electron chi connectivity index (χ2n) is 4.79. The number of hydrogen-bond acceptors (Lipinski definition) is 2. The van der Waals surface area contributed by atoms with Gasteiger partial charge in [-0.15, -0.1) is 0 Å². The van der Waals surface area contributed by atoms with Crippen molar-refractivity contribution in [3.63, 3.8) is 0 Å². The van der Waals surface area contributed by atoms with Crippen molar-refractivity contribution in [2.24, 2.45) is 0 Å². The lowest BCUT2D eigenvalue weighted by atomic mass is 9.88. The van der Waals surface area contributed by atoms with Crippen LogP contribution in [-0.2, 0) is 9.59 Å². The Labute approximate surface area is 102 Å². The molecule has 4 heteroatoms. The van der Waals surface area contributed by atoms with E-state index in [-0.39, 0.29) is 5.91 Å². The quantitative estimate of drug-likeness (QED) is 0.768. The van der Waals surface area contributed by atoms with Crippen molar-refractivity contribution >= 4 is 11.9 Å². The van der Waals surface area contributed by atoms with E-state index in [0.717, 1.165) is 19.3 Å². The summed E-state index contributed by atoms with van der Waals surface area (Å²) in [7, 11) is 0. The third-order valence-electron chi connectivity index (χ3n) is 3.44. The van der Waals surface area contributed by atoms with Crippen LogP contribution >= 0.6 is 0 Å². The van der Waals surface area contributed by atoms with E-state index in [1.807, 2.05) is 13.0 Å². The van der Waals surface area contributed by atoms with E-state index in [4.69, 9.17) is 0 Å². The number of carboxylic acid groups (broad SMARTS) is 1. The van der Waals surface area contributed by atoms with Crippen molar-refractivity contribution in [1.82, 2.24) is 4.90 Å². The lowest BCUT2D eigenvalue weighted by Crippen LogP contribution is -2.57. The van der Waals surface area contributed by atoms with Crippen LogP contribution in [0.3, 0.4) is 0 Å². The maximum absolute atomic E-state index is 12.2. The van der Waals surface area contributed by atoms with Gasteiger partial charge in [-0.1, -0.05) is 13.0 Å². The van der Waals surface area contributed by atoms with Crippen molar-refractivity contribution in [3.8, 4) is 0 Å². The molecule has 1 aliphatic heterocycles. The van der Waals surface area contributed by atoms with Gasteiger partial charge < -0.3 is 10.0 Å². The smallest absolute Gasteiger partial charge is 0.329 e. The standard InChI is InChI=1S/C13H21NO3/c1-4-7-10(2)11(15)14-9-6-5-8-13(14,3)12(16)17/h7H,4-6,8-9H2,1-3H3,(H,16,17)/b10-7-. The minimum atomic E-state index is -1.04. The normalized spacial score (nSPS) is 25.8. The molecular formula is C13H21NO3. The fraction of sp³-hybridized carbons (Fsp3) is 0.692. The van der Waals surface area contributed by atoms with Gasteiger partial charge in [-0.3, -0.25) is 4.79 Å². The van der Waals surface area contributed by atoms with Gasteiger partial charge >= 0.3 is 5.97 Å². The molecule has 0 aromatic heterocycles. The maximum Gasteiger partial charge on any atom is 0.329 e. The van der Waals surface area contributed by atoms with Crippen molar-refractivity contribution in [2.45, 2.75) is 52.0 Å². The Bertz CT molecular complexity index is 349. The van der Waals surface area contributed by atoms with Gasteiger partial charge in [0.1, 0.15) is 5.54 Å². The average molecular weight is 239 g/mol. The fourth-order valence-electron chi connectivity index (χ4n) is 2.28. The van der Waals surface area contributed by atoms with Crippen LogP contribution < -0.4 is 0 Å². The van der Waals surface area contributed by atoms with Gasteiger partial charge in [-0.25, -0.2) is 4.79 Å². The van der Waals surface area contributed by atoms with Crippen LogP contribution in [-0.4, -0.2) is 34.0 Å². The predicted molar refractivity (Wildman–Crippen MR) is 65.7 cm³/mol. The molecular weight excluding hydrogens is 218 g/mol. The molecule has 0 spiro atoms. The third-order valence-corrected chi connectivity index (χ3v) is 3.44. The number of amides is 1. The molecule has 1 rings (SSSR count). The van der Waals surface area contributed by atoms with Crippen LogP contribution in [0.1, 0.15) is 46.5 Å². The Morgan fingerprint density at radius 1 is 1.41 bits per heavy atom. The summed E-state index contributed by atoms with van der Waals surface area (Å²) in [6.45, 7) is 5.90. The first-order valence-electron chi connectivity index (χ1n) is 6.15. The molecule has 17 heavy (non-hydrogen) atoms. The van der Waals surface area contributed by atoms with Gasteiger partial charge in [0.15, 0.2) is 0 Å². The summed E-state index contributed by atoms with van der Waals surface area (Å²) in [6.07, 6.45) is 4.92. The lowest BCUT2D eigenvalue weighted by Gasteiger charge is -2.41. The zero-order valence-corrected chi connectivity index (χ0v) is 10.8. The minimum absolute atomic E-state index is 0.142. The zero-order valence-electron chi connectivity index (χ0n) is 10.8. The van der Waals surface area contributed by atoms with Crippen LogP contribution in [0.5, 0.6) is 0 Å². The van der Waals surface area contributed by atoms with Crippen LogP contribution in [0.4, 0.5) is 0 Å². The van der Waals surface area contributed by atoms with Crippen molar-refractivity contribution in [2.75, 3.05) is 6.54 Å². The Morgan fingerprint density at radius 2 is 2.06 bits per heavy atom. The van der Waals surface area contributed by atoms with Gasteiger partial charge in [-0.2, -0.15) is 0 Å². The number of nitrogens with zero attached hydrogens (tertiary/aromatic N) is 1. The van der Waals surface area contributed by atoms with Crippen LogP contribution in [0.2, 0.25) is 0 Å². The van der Waals surface area contributed by atoms with Gasteiger partial charge in [-0.05, 0) is 39.5 Å². The number of carbonyl (C=O) groups is 2. The van der Waals surface area contributed by atoms with E-state index in [9.17, 15) is 14.7 Å². The van der Waals surface area contributed by atoms with Gasteiger partial charge in [0, 0.05) is 12.1 Å². The summed E-state index contributed by atoms with van der Waals surface area (Å²) in [6, 6.07) is 0.